The SMILES string of the molecule is Cc1cc(Cl)cc(Nc2c(-c3ccc(F)c(F)c3)nc3n2CCN(C(=O)CN)C3(C)C)c1. The van der Waals surface area contributed by atoms with E-state index in [1.54, 1.807) is 11.0 Å². The fraction of sp³-hybridized carbons (Fsp3) is 0.304. The molecule has 0 aliphatic carbocycles. The Kier molecular flexibility index (Phi) is 5.68. The summed E-state index contributed by atoms with van der Waals surface area (Å²) in [5.74, 6) is -0.847. The van der Waals surface area contributed by atoms with Crippen molar-refractivity contribution in [3.8, 4) is 11.3 Å². The highest BCUT2D eigenvalue weighted by atomic mass is 35.5. The smallest absolute Gasteiger partial charge is 0.237 e. The summed E-state index contributed by atoms with van der Waals surface area (Å²) in [4.78, 5) is 18.9. The van der Waals surface area contributed by atoms with Crippen molar-refractivity contribution in [2.45, 2.75) is 32.9 Å². The maximum Gasteiger partial charge on any atom is 0.237 e. The lowest BCUT2D eigenvalue weighted by atomic mass is 9.99. The molecule has 3 N–H and O–H groups in total. The second-order valence-electron chi connectivity index (χ2n) is 8.36. The van der Waals surface area contributed by atoms with Gasteiger partial charge in [0.1, 0.15) is 17.3 Å². The van der Waals surface area contributed by atoms with Gasteiger partial charge in [-0.3, -0.25) is 4.79 Å². The summed E-state index contributed by atoms with van der Waals surface area (Å²) in [5.41, 5.74) is 7.42. The van der Waals surface area contributed by atoms with Crippen molar-refractivity contribution >= 4 is 29.0 Å². The molecule has 6 nitrogen and oxygen atoms in total. The number of aromatic nitrogens is 2. The van der Waals surface area contributed by atoms with E-state index in [1.165, 1.54) is 6.07 Å². The minimum atomic E-state index is -0.961. The molecule has 0 saturated heterocycles. The van der Waals surface area contributed by atoms with E-state index in [1.807, 2.05) is 37.5 Å². The number of carbonyl (C=O) groups is 1. The topological polar surface area (TPSA) is 76.2 Å². The number of imidazole rings is 1. The molecule has 9 heteroatoms. The van der Waals surface area contributed by atoms with Crippen LogP contribution in [0.2, 0.25) is 5.02 Å². The van der Waals surface area contributed by atoms with Crippen molar-refractivity contribution in [3.63, 3.8) is 0 Å². The molecule has 0 unspecified atom stereocenters. The largest absolute Gasteiger partial charge is 0.340 e. The van der Waals surface area contributed by atoms with Crippen LogP contribution in [0.15, 0.2) is 36.4 Å². The molecule has 0 saturated carbocycles. The zero-order valence-corrected chi connectivity index (χ0v) is 18.8. The van der Waals surface area contributed by atoms with Gasteiger partial charge in [0.05, 0.1) is 12.1 Å². The van der Waals surface area contributed by atoms with Gasteiger partial charge in [-0.15, -0.1) is 0 Å². The minimum absolute atomic E-state index is 0.104. The number of aryl methyl sites for hydroxylation is 1. The number of hydrogen-bond donors (Lipinski definition) is 2. The molecule has 1 amide bonds. The van der Waals surface area contributed by atoms with Crippen LogP contribution in [0.25, 0.3) is 11.3 Å². The lowest BCUT2D eigenvalue weighted by Crippen LogP contribution is -2.53. The van der Waals surface area contributed by atoms with Gasteiger partial charge in [-0.2, -0.15) is 0 Å². The van der Waals surface area contributed by atoms with Crippen LogP contribution in [-0.4, -0.2) is 33.4 Å². The fourth-order valence-corrected chi connectivity index (χ4v) is 4.49. The predicted octanol–water partition coefficient (Wildman–Crippen LogP) is 4.57. The Morgan fingerprint density at radius 1 is 1.19 bits per heavy atom. The van der Waals surface area contributed by atoms with Crippen LogP contribution in [0.5, 0.6) is 0 Å². The van der Waals surface area contributed by atoms with Gasteiger partial charge in [-0.05, 0) is 62.7 Å². The number of nitrogens with zero attached hydrogens (tertiary/aromatic N) is 3. The molecule has 1 aliphatic rings. The molecule has 2 heterocycles. The number of benzene rings is 2. The first kappa shape index (κ1) is 22.2. The molecule has 4 rings (SSSR count). The molecule has 3 aromatic rings. The van der Waals surface area contributed by atoms with E-state index in [9.17, 15) is 13.6 Å². The van der Waals surface area contributed by atoms with Crippen molar-refractivity contribution in [2.75, 3.05) is 18.4 Å². The standard InChI is InChI=1S/C23H24ClF2N5O/c1-13-8-15(24)11-16(9-13)28-21-20(14-4-5-17(25)18(26)10-14)29-22-23(2,3)31(19(32)12-27)7-6-30(21)22/h4-5,8-11,28H,6-7,12,27H2,1-3H3. The summed E-state index contributed by atoms with van der Waals surface area (Å²) in [6.45, 7) is 6.50. The summed E-state index contributed by atoms with van der Waals surface area (Å²) in [5, 5.41) is 3.93. The number of nitrogens with two attached hydrogens (primary N) is 1. The van der Waals surface area contributed by atoms with E-state index >= 15 is 0 Å². The van der Waals surface area contributed by atoms with E-state index in [0.29, 0.717) is 41.0 Å². The molecule has 0 atom stereocenters. The average Bonchev–Trinajstić information content (AvgIpc) is 3.08. The normalized spacial score (nSPS) is 14.9. The van der Waals surface area contributed by atoms with E-state index < -0.39 is 17.2 Å². The Morgan fingerprint density at radius 3 is 2.59 bits per heavy atom. The Balaban J connectivity index is 1.90. The zero-order valence-electron chi connectivity index (χ0n) is 18.0. The molecular weight excluding hydrogens is 436 g/mol. The molecular formula is C23H24ClF2N5O. The Labute approximate surface area is 190 Å². The van der Waals surface area contributed by atoms with Gasteiger partial charge >= 0.3 is 0 Å². The third kappa shape index (κ3) is 3.84. The molecule has 0 fully saturated rings. The number of amides is 1. The zero-order chi connectivity index (χ0) is 23.2. The molecule has 1 aromatic heterocycles. The first-order valence-corrected chi connectivity index (χ1v) is 10.6. The summed E-state index contributed by atoms with van der Waals surface area (Å²) < 4.78 is 29.6. The third-order valence-electron chi connectivity index (χ3n) is 5.71. The van der Waals surface area contributed by atoms with Crippen molar-refractivity contribution in [1.29, 1.82) is 0 Å². The number of hydrogen-bond acceptors (Lipinski definition) is 4. The first-order chi connectivity index (χ1) is 15.1. The highest BCUT2D eigenvalue weighted by molar-refractivity contribution is 6.31. The van der Waals surface area contributed by atoms with Crippen LogP contribution in [-0.2, 0) is 16.9 Å². The van der Waals surface area contributed by atoms with Crippen LogP contribution in [0.4, 0.5) is 20.3 Å². The van der Waals surface area contributed by atoms with Crippen LogP contribution >= 0.6 is 11.6 Å². The van der Waals surface area contributed by atoms with Crippen molar-refractivity contribution < 1.29 is 13.6 Å². The second-order valence-corrected chi connectivity index (χ2v) is 8.80. The molecule has 0 spiro atoms. The monoisotopic (exact) mass is 459 g/mol. The van der Waals surface area contributed by atoms with Gasteiger partial charge in [-0.25, -0.2) is 13.8 Å². The van der Waals surface area contributed by atoms with Crippen LogP contribution in [0.3, 0.4) is 0 Å². The predicted molar refractivity (Wildman–Crippen MR) is 121 cm³/mol. The maximum atomic E-state index is 14.1. The average molecular weight is 460 g/mol. The molecule has 0 bridgehead atoms. The van der Waals surface area contributed by atoms with Crippen LogP contribution in [0.1, 0.15) is 25.2 Å². The number of anilines is 2. The van der Waals surface area contributed by atoms with Gasteiger partial charge in [0.25, 0.3) is 0 Å². The van der Waals surface area contributed by atoms with Gasteiger partial charge in [-0.1, -0.05) is 11.6 Å². The molecule has 2 aromatic carbocycles. The van der Waals surface area contributed by atoms with Crippen molar-refractivity contribution in [2.24, 2.45) is 5.73 Å². The Morgan fingerprint density at radius 2 is 1.94 bits per heavy atom. The lowest BCUT2D eigenvalue weighted by molar-refractivity contribution is -0.137. The van der Waals surface area contributed by atoms with Crippen LogP contribution < -0.4 is 11.1 Å². The highest BCUT2D eigenvalue weighted by Gasteiger charge is 2.41. The van der Waals surface area contributed by atoms with Crippen molar-refractivity contribution in [3.05, 3.63) is 64.4 Å². The highest BCUT2D eigenvalue weighted by Crippen LogP contribution is 2.40. The molecule has 32 heavy (non-hydrogen) atoms. The maximum absolute atomic E-state index is 14.1. The van der Waals surface area contributed by atoms with Crippen molar-refractivity contribution in [1.82, 2.24) is 14.5 Å². The Hall–Kier alpha value is -2.97. The number of fused-ring (bicyclic) bond motifs is 1. The Bertz CT molecular complexity index is 1190. The third-order valence-corrected chi connectivity index (χ3v) is 5.93. The summed E-state index contributed by atoms with van der Waals surface area (Å²) in [6, 6.07) is 9.23. The summed E-state index contributed by atoms with van der Waals surface area (Å²) in [6.07, 6.45) is 0. The first-order valence-electron chi connectivity index (χ1n) is 10.2. The summed E-state index contributed by atoms with van der Waals surface area (Å²) >= 11 is 6.23. The number of rotatable bonds is 4. The molecule has 1 aliphatic heterocycles. The van der Waals surface area contributed by atoms with E-state index in [2.05, 4.69) is 5.32 Å². The van der Waals surface area contributed by atoms with E-state index in [0.717, 1.165) is 23.4 Å². The molecule has 168 valence electrons. The fourth-order valence-electron chi connectivity index (χ4n) is 4.20. The van der Waals surface area contributed by atoms with E-state index in [4.69, 9.17) is 22.3 Å². The minimum Gasteiger partial charge on any atom is -0.340 e. The molecule has 0 radical (unpaired) electrons. The van der Waals surface area contributed by atoms with E-state index in [-0.39, 0.29) is 12.5 Å². The van der Waals surface area contributed by atoms with Gasteiger partial charge in [0.2, 0.25) is 5.91 Å². The number of halogens is 3. The van der Waals surface area contributed by atoms with Gasteiger partial charge < -0.3 is 20.5 Å². The quantitative estimate of drug-likeness (QED) is 0.599. The van der Waals surface area contributed by atoms with Crippen LogP contribution in [0, 0.1) is 18.6 Å². The second kappa shape index (κ2) is 8.18. The van der Waals surface area contributed by atoms with Gasteiger partial charge in [0.15, 0.2) is 11.6 Å². The number of nitrogens with one attached hydrogen (secondary N) is 1. The lowest BCUT2D eigenvalue weighted by Gasteiger charge is -2.42. The summed E-state index contributed by atoms with van der Waals surface area (Å²) in [7, 11) is 0. The number of carbonyl (C=O) groups excluding carboxylic acids is 1. The van der Waals surface area contributed by atoms with Gasteiger partial charge in [0, 0.05) is 29.4 Å².